The van der Waals surface area contributed by atoms with E-state index in [2.05, 4.69) is 29.4 Å². The third kappa shape index (κ3) is 4.64. The molecule has 0 amide bonds. The van der Waals surface area contributed by atoms with Gasteiger partial charge in [0.2, 0.25) is 0 Å². The van der Waals surface area contributed by atoms with Gasteiger partial charge in [-0.1, -0.05) is 12.1 Å². The summed E-state index contributed by atoms with van der Waals surface area (Å²) in [5.74, 6) is 0.918. The summed E-state index contributed by atoms with van der Waals surface area (Å²) in [4.78, 5) is 2.33. The molecule has 90 valence electrons. The fourth-order valence-electron chi connectivity index (χ4n) is 1.65. The Hall–Kier alpha value is -1.06. The summed E-state index contributed by atoms with van der Waals surface area (Å²) in [6.45, 7) is 3.19. The maximum absolute atomic E-state index is 5.13. The van der Waals surface area contributed by atoms with E-state index in [9.17, 15) is 0 Å². The molecular formula is C13H22N2O. The fourth-order valence-corrected chi connectivity index (χ4v) is 1.65. The second-order valence-electron chi connectivity index (χ2n) is 4.04. The van der Waals surface area contributed by atoms with E-state index < -0.39 is 0 Å². The molecular weight excluding hydrogens is 200 g/mol. The zero-order valence-electron chi connectivity index (χ0n) is 10.5. The molecule has 3 heteroatoms. The van der Waals surface area contributed by atoms with Crippen LogP contribution >= 0.6 is 0 Å². The average molecular weight is 222 g/mol. The minimum atomic E-state index is 0.918. The van der Waals surface area contributed by atoms with Crippen molar-refractivity contribution in [2.75, 3.05) is 34.3 Å². The molecule has 1 aromatic rings. The van der Waals surface area contributed by atoms with Gasteiger partial charge in [0, 0.05) is 6.54 Å². The summed E-state index contributed by atoms with van der Waals surface area (Å²) >= 11 is 0. The molecule has 1 aromatic carbocycles. The summed E-state index contributed by atoms with van der Waals surface area (Å²) < 4.78 is 5.13. The van der Waals surface area contributed by atoms with Crippen molar-refractivity contribution >= 4 is 0 Å². The molecule has 0 aromatic heterocycles. The highest BCUT2D eigenvalue weighted by Crippen LogP contribution is 2.12. The lowest BCUT2D eigenvalue weighted by atomic mass is 10.2. The lowest BCUT2D eigenvalue weighted by molar-refractivity contribution is 0.321. The van der Waals surface area contributed by atoms with Crippen LogP contribution in [-0.4, -0.2) is 39.2 Å². The second-order valence-corrected chi connectivity index (χ2v) is 4.04. The molecule has 0 aliphatic rings. The van der Waals surface area contributed by atoms with Crippen molar-refractivity contribution in [1.82, 2.24) is 10.2 Å². The molecule has 0 heterocycles. The Labute approximate surface area is 98.4 Å². The Balaban J connectivity index is 2.34. The molecule has 0 atom stereocenters. The van der Waals surface area contributed by atoms with Crippen LogP contribution in [0.15, 0.2) is 24.3 Å². The van der Waals surface area contributed by atoms with Gasteiger partial charge in [0.25, 0.3) is 0 Å². The van der Waals surface area contributed by atoms with Gasteiger partial charge in [-0.3, -0.25) is 0 Å². The molecule has 0 aliphatic carbocycles. The molecule has 0 saturated heterocycles. The highest BCUT2D eigenvalue weighted by Gasteiger charge is 2.00. The molecule has 1 N–H and O–H groups in total. The first-order chi connectivity index (χ1) is 7.76. The predicted molar refractivity (Wildman–Crippen MR) is 67.9 cm³/mol. The van der Waals surface area contributed by atoms with Gasteiger partial charge in [-0.2, -0.15) is 0 Å². The van der Waals surface area contributed by atoms with Crippen LogP contribution in [-0.2, 0) is 6.54 Å². The van der Waals surface area contributed by atoms with Gasteiger partial charge in [-0.05, 0) is 51.3 Å². The number of nitrogens with zero attached hydrogens (tertiary/aromatic N) is 1. The standard InChI is InChI=1S/C13H22N2O/c1-14-9-4-10-15(2)11-12-5-7-13(16-3)8-6-12/h5-8,14H,4,9-11H2,1-3H3. The van der Waals surface area contributed by atoms with Crippen molar-refractivity contribution in [1.29, 1.82) is 0 Å². The monoisotopic (exact) mass is 222 g/mol. The zero-order chi connectivity index (χ0) is 11.8. The molecule has 0 bridgehead atoms. The number of nitrogens with one attached hydrogen (secondary N) is 1. The van der Waals surface area contributed by atoms with Crippen LogP contribution < -0.4 is 10.1 Å². The number of methoxy groups -OCH3 is 1. The number of benzene rings is 1. The Morgan fingerprint density at radius 1 is 1.25 bits per heavy atom. The number of hydrogen-bond acceptors (Lipinski definition) is 3. The van der Waals surface area contributed by atoms with Crippen LogP contribution in [0, 0.1) is 0 Å². The van der Waals surface area contributed by atoms with Crippen molar-refractivity contribution in [3.63, 3.8) is 0 Å². The SMILES string of the molecule is CNCCCN(C)Cc1ccc(OC)cc1. The Bertz CT molecular complexity index is 284. The van der Waals surface area contributed by atoms with Crippen molar-refractivity contribution in [2.45, 2.75) is 13.0 Å². The first-order valence-electron chi connectivity index (χ1n) is 5.72. The molecule has 0 unspecified atom stereocenters. The molecule has 0 aliphatic heterocycles. The van der Waals surface area contributed by atoms with E-state index in [0.29, 0.717) is 0 Å². The van der Waals surface area contributed by atoms with Gasteiger partial charge in [0.05, 0.1) is 7.11 Å². The van der Waals surface area contributed by atoms with Crippen molar-refractivity contribution in [2.24, 2.45) is 0 Å². The minimum absolute atomic E-state index is 0.918. The molecule has 1 rings (SSSR count). The van der Waals surface area contributed by atoms with E-state index >= 15 is 0 Å². The third-order valence-corrected chi connectivity index (χ3v) is 2.58. The first kappa shape index (κ1) is 13.0. The summed E-state index contributed by atoms with van der Waals surface area (Å²) in [7, 11) is 5.84. The van der Waals surface area contributed by atoms with Crippen molar-refractivity contribution in [3.8, 4) is 5.75 Å². The van der Waals surface area contributed by atoms with Crippen LogP contribution in [0.3, 0.4) is 0 Å². The Kier molecular flexibility index (Phi) is 5.90. The summed E-state index contributed by atoms with van der Waals surface area (Å²) in [5.41, 5.74) is 1.33. The van der Waals surface area contributed by atoms with E-state index in [1.165, 1.54) is 12.0 Å². The maximum Gasteiger partial charge on any atom is 0.118 e. The Morgan fingerprint density at radius 3 is 2.50 bits per heavy atom. The first-order valence-corrected chi connectivity index (χ1v) is 5.72. The van der Waals surface area contributed by atoms with E-state index in [1.807, 2.05) is 19.2 Å². The van der Waals surface area contributed by atoms with Crippen molar-refractivity contribution < 1.29 is 4.74 Å². The number of hydrogen-bond donors (Lipinski definition) is 1. The van der Waals surface area contributed by atoms with Crippen LogP contribution in [0.5, 0.6) is 5.75 Å². The smallest absolute Gasteiger partial charge is 0.118 e. The fraction of sp³-hybridized carbons (Fsp3) is 0.538. The lowest BCUT2D eigenvalue weighted by Gasteiger charge is -2.16. The number of ether oxygens (including phenoxy) is 1. The number of rotatable bonds is 7. The summed E-state index contributed by atoms with van der Waals surface area (Å²) in [6, 6.07) is 8.26. The van der Waals surface area contributed by atoms with Crippen LogP contribution in [0.1, 0.15) is 12.0 Å². The normalized spacial score (nSPS) is 10.8. The van der Waals surface area contributed by atoms with Gasteiger partial charge in [0.1, 0.15) is 5.75 Å². The van der Waals surface area contributed by atoms with E-state index in [1.54, 1.807) is 7.11 Å². The van der Waals surface area contributed by atoms with Gasteiger partial charge < -0.3 is 15.0 Å². The highest BCUT2D eigenvalue weighted by atomic mass is 16.5. The van der Waals surface area contributed by atoms with Gasteiger partial charge in [-0.15, -0.1) is 0 Å². The van der Waals surface area contributed by atoms with Gasteiger partial charge in [0.15, 0.2) is 0 Å². The molecule has 0 spiro atoms. The van der Waals surface area contributed by atoms with E-state index in [4.69, 9.17) is 4.74 Å². The van der Waals surface area contributed by atoms with Crippen LogP contribution in [0.2, 0.25) is 0 Å². The third-order valence-electron chi connectivity index (χ3n) is 2.58. The van der Waals surface area contributed by atoms with Gasteiger partial charge >= 0.3 is 0 Å². The van der Waals surface area contributed by atoms with E-state index in [-0.39, 0.29) is 0 Å². The lowest BCUT2D eigenvalue weighted by Crippen LogP contribution is -2.22. The largest absolute Gasteiger partial charge is 0.497 e. The molecule has 16 heavy (non-hydrogen) atoms. The quantitative estimate of drug-likeness (QED) is 0.711. The van der Waals surface area contributed by atoms with E-state index in [0.717, 1.165) is 25.4 Å². The summed E-state index contributed by atoms with van der Waals surface area (Å²) in [5, 5.41) is 3.16. The molecule has 0 fully saturated rings. The highest BCUT2D eigenvalue weighted by molar-refractivity contribution is 5.26. The second kappa shape index (κ2) is 7.25. The minimum Gasteiger partial charge on any atom is -0.497 e. The van der Waals surface area contributed by atoms with Crippen LogP contribution in [0.25, 0.3) is 0 Å². The van der Waals surface area contributed by atoms with Crippen molar-refractivity contribution in [3.05, 3.63) is 29.8 Å². The molecule has 0 saturated carbocycles. The molecule has 3 nitrogen and oxygen atoms in total. The summed E-state index contributed by atoms with van der Waals surface area (Å²) in [6.07, 6.45) is 1.18. The maximum atomic E-state index is 5.13. The average Bonchev–Trinajstić information content (AvgIpc) is 2.30. The zero-order valence-corrected chi connectivity index (χ0v) is 10.5. The van der Waals surface area contributed by atoms with Crippen LogP contribution in [0.4, 0.5) is 0 Å². The molecule has 0 radical (unpaired) electrons. The van der Waals surface area contributed by atoms with Gasteiger partial charge in [-0.25, -0.2) is 0 Å². The predicted octanol–water partition coefficient (Wildman–Crippen LogP) is 1.74. The topological polar surface area (TPSA) is 24.5 Å². The Morgan fingerprint density at radius 2 is 1.94 bits per heavy atom.